The number of hydrogen-bond donors (Lipinski definition) is 1. The molecule has 1 aliphatic rings. The topological polar surface area (TPSA) is 85.3 Å². The van der Waals surface area contributed by atoms with Crippen LogP contribution in [0.25, 0.3) is 5.76 Å². The number of anilines is 1. The van der Waals surface area contributed by atoms with Gasteiger partial charge in [-0.1, -0.05) is 12.1 Å². The van der Waals surface area contributed by atoms with E-state index in [1.807, 2.05) is 6.92 Å². The molecule has 1 saturated heterocycles. The van der Waals surface area contributed by atoms with Crippen LogP contribution in [0.3, 0.4) is 0 Å². The molecule has 1 amide bonds. The van der Waals surface area contributed by atoms with Crippen molar-refractivity contribution in [3.63, 3.8) is 0 Å². The molecule has 1 fully saturated rings. The van der Waals surface area contributed by atoms with Crippen LogP contribution in [0.4, 0.5) is 10.1 Å². The van der Waals surface area contributed by atoms with Crippen LogP contribution in [0, 0.1) is 12.7 Å². The summed E-state index contributed by atoms with van der Waals surface area (Å²) in [4.78, 5) is 28.0. The molecule has 1 N–H and O–H groups in total. The third kappa shape index (κ3) is 4.37. The zero-order valence-corrected chi connectivity index (χ0v) is 20.4. The van der Waals surface area contributed by atoms with Gasteiger partial charge in [0.1, 0.15) is 17.3 Å². The van der Waals surface area contributed by atoms with Gasteiger partial charge in [-0.15, -0.1) is 0 Å². The Bertz CT molecular complexity index is 1370. The number of methoxy groups -OCH3 is 2. The van der Waals surface area contributed by atoms with Crippen LogP contribution in [-0.2, 0) is 9.59 Å². The number of amides is 1. The van der Waals surface area contributed by atoms with Gasteiger partial charge < -0.3 is 19.3 Å². The molecular formula is C28H26FNO6. The first-order valence-electron chi connectivity index (χ1n) is 11.3. The summed E-state index contributed by atoms with van der Waals surface area (Å²) in [6.07, 6.45) is 0. The zero-order valence-electron chi connectivity index (χ0n) is 20.4. The molecule has 3 aromatic carbocycles. The van der Waals surface area contributed by atoms with E-state index in [1.54, 1.807) is 49.4 Å². The first-order valence-corrected chi connectivity index (χ1v) is 11.3. The maximum absolute atomic E-state index is 13.9. The predicted molar refractivity (Wildman–Crippen MR) is 133 cm³/mol. The highest BCUT2D eigenvalue weighted by Gasteiger charge is 2.47. The average Bonchev–Trinajstić information content (AvgIpc) is 3.15. The van der Waals surface area contributed by atoms with Gasteiger partial charge in [0.05, 0.1) is 32.4 Å². The number of rotatable bonds is 7. The molecular weight excluding hydrogens is 465 g/mol. The standard InChI is InChI=1S/C28H26FNO6/c1-5-36-20-8-6-7-19(15-20)30-25(17-10-12-22(34-3)23(14-17)35-4)24(27(32)28(30)33)26(31)18-9-11-21(29)16(2)13-18/h6-15,25,31H,5H2,1-4H3/b26-24-. The van der Waals surface area contributed by atoms with Crippen molar-refractivity contribution >= 4 is 23.1 Å². The fourth-order valence-corrected chi connectivity index (χ4v) is 4.27. The van der Waals surface area contributed by atoms with E-state index in [1.165, 1.54) is 37.3 Å². The van der Waals surface area contributed by atoms with E-state index in [4.69, 9.17) is 14.2 Å². The van der Waals surface area contributed by atoms with Gasteiger partial charge in [-0.3, -0.25) is 14.5 Å². The van der Waals surface area contributed by atoms with Crippen molar-refractivity contribution < 1.29 is 33.3 Å². The Kier molecular flexibility index (Phi) is 6.96. The van der Waals surface area contributed by atoms with Crippen LogP contribution in [0.2, 0.25) is 0 Å². The first-order chi connectivity index (χ1) is 17.3. The van der Waals surface area contributed by atoms with Crippen LogP contribution in [0.1, 0.15) is 29.7 Å². The molecule has 1 heterocycles. The Hall–Kier alpha value is -4.33. The number of nitrogens with zero attached hydrogens (tertiary/aromatic N) is 1. The second-order valence-corrected chi connectivity index (χ2v) is 8.18. The molecule has 8 heteroatoms. The van der Waals surface area contributed by atoms with Crippen molar-refractivity contribution in [1.82, 2.24) is 0 Å². The minimum absolute atomic E-state index is 0.125. The lowest BCUT2D eigenvalue weighted by atomic mass is 9.94. The Labute approximate surface area is 208 Å². The van der Waals surface area contributed by atoms with Gasteiger partial charge in [-0.25, -0.2) is 4.39 Å². The van der Waals surface area contributed by atoms with E-state index in [-0.39, 0.29) is 11.1 Å². The molecule has 0 aliphatic carbocycles. The second kappa shape index (κ2) is 10.1. The molecule has 0 bridgehead atoms. The van der Waals surface area contributed by atoms with Crippen molar-refractivity contribution in [1.29, 1.82) is 0 Å². The number of ketones is 1. The fraction of sp³-hybridized carbons (Fsp3) is 0.214. The molecule has 7 nitrogen and oxygen atoms in total. The van der Waals surface area contributed by atoms with Crippen LogP contribution >= 0.6 is 0 Å². The normalized spacial score (nSPS) is 16.8. The van der Waals surface area contributed by atoms with E-state index in [9.17, 15) is 19.1 Å². The number of ether oxygens (including phenoxy) is 3. The van der Waals surface area contributed by atoms with Crippen LogP contribution in [-0.4, -0.2) is 37.6 Å². The van der Waals surface area contributed by atoms with Gasteiger partial charge in [0.2, 0.25) is 0 Å². The average molecular weight is 492 g/mol. The van der Waals surface area contributed by atoms with Gasteiger partial charge in [0.25, 0.3) is 11.7 Å². The number of halogens is 1. The van der Waals surface area contributed by atoms with E-state index in [2.05, 4.69) is 0 Å². The lowest BCUT2D eigenvalue weighted by molar-refractivity contribution is -0.132. The monoisotopic (exact) mass is 491 g/mol. The molecule has 0 aromatic heterocycles. The van der Waals surface area contributed by atoms with Gasteiger partial charge in [-0.05, 0) is 67.4 Å². The predicted octanol–water partition coefficient (Wildman–Crippen LogP) is 5.18. The molecule has 1 atom stereocenters. The maximum Gasteiger partial charge on any atom is 0.300 e. The SMILES string of the molecule is CCOc1cccc(N2C(=O)C(=O)/C(=C(\O)c3ccc(F)c(C)c3)C2c2ccc(OC)c(OC)c2)c1. The first kappa shape index (κ1) is 24.8. The highest BCUT2D eigenvalue weighted by molar-refractivity contribution is 6.51. The van der Waals surface area contributed by atoms with Crippen molar-refractivity contribution in [2.24, 2.45) is 0 Å². The number of benzene rings is 3. The Morgan fingerprint density at radius 2 is 1.75 bits per heavy atom. The molecule has 3 aromatic rings. The number of aliphatic hydroxyl groups is 1. The van der Waals surface area contributed by atoms with Gasteiger partial charge in [0.15, 0.2) is 11.5 Å². The molecule has 0 saturated carbocycles. The van der Waals surface area contributed by atoms with Crippen LogP contribution < -0.4 is 19.1 Å². The highest BCUT2D eigenvalue weighted by Crippen LogP contribution is 2.44. The van der Waals surface area contributed by atoms with Gasteiger partial charge in [0, 0.05) is 17.3 Å². The third-order valence-corrected chi connectivity index (χ3v) is 6.01. The molecule has 0 radical (unpaired) electrons. The van der Waals surface area contributed by atoms with E-state index >= 15 is 0 Å². The summed E-state index contributed by atoms with van der Waals surface area (Å²) in [5.74, 6) is -1.15. The highest BCUT2D eigenvalue weighted by atomic mass is 19.1. The fourth-order valence-electron chi connectivity index (χ4n) is 4.27. The quantitative estimate of drug-likeness (QED) is 0.279. The van der Waals surface area contributed by atoms with Crippen LogP contribution in [0.5, 0.6) is 17.2 Å². The Morgan fingerprint density at radius 1 is 1.00 bits per heavy atom. The minimum atomic E-state index is -0.993. The van der Waals surface area contributed by atoms with E-state index < -0.39 is 29.3 Å². The van der Waals surface area contributed by atoms with Gasteiger partial charge >= 0.3 is 0 Å². The summed E-state index contributed by atoms with van der Waals surface area (Å²) in [7, 11) is 2.98. The lowest BCUT2D eigenvalue weighted by Gasteiger charge is -2.26. The van der Waals surface area contributed by atoms with Crippen molar-refractivity contribution in [2.45, 2.75) is 19.9 Å². The second-order valence-electron chi connectivity index (χ2n) is 8.18. The number of hydrogen-bond acceptors (Lipinski definition) is 6. The summed E-state index contributed by atoms with van der Waals surface area (Å²) in [5.41, 5.74) is 1.31. The largest absolute Gasteiger partial charge is 0.507 e. The number of carbonyl (C=O) groups is 2. The third-order valence-electron chi connectivity index (χ3n) is 6.01. The Balaban J connectivity index is 1.96. The Morgan fingerprint density at radius 3 is 2.42 bits per heavy atom. The number of carbonyl (C=O) groups excluding carboxylic acids is 2. The van der Waals surface area contributed by atoms with Gasteiger partial charge in [-0.2, -0.15) is 0 Å². The molecule has 4 rings (SSSR count). The van der Waals surface area contributed by atoms with E-state index in [0.717, 1.165) is 0 Å². The van der Waals surface area contributed by atoms with Crippen molar-refractivity contribution in [3.8, 4) is 17.2 Å². The van der Waals surface area contributed by atoms with Crippen LogP contribution in [0.15, 0.2) is 66.2 Å². The van der Waals surface area contributed by atoms with Crippen molar-refractivity contribution in [2.75, 3.05) is 25.7 Å². The summed E-state index contributed by atoms with van der Waals surface area (Å²) in [6.45, 7) is 3.81. The molecule has 1 unspecified atom stereocenters. The lowest BCUT2D eigenvalue weighted by Crippen LogP contribution is -2.29. The van der Waals surface area contributed by atoms with E-state index in [0.29, 0.717) is 40.7 Å². The number of aryl methyl sites for hydroxylation is 1. The summed E-state index contributed by atoms with van der Waals surface area (Å²) in [6, 6.07) is 14.8. The summed E-state index contributed by atoms with van der Waals surface area (Å²) < 4.78 is 30.3. The summed E-state index contributed by atoms with van der Waals surface area (Å²) in [5, 5.41) is 11.3. The maximum atomic E-state index is 13.9. The molecule has 36 heavy (non-hydrogen) atoms. The molecule has 0 spiro atoms. The minimum Gasteiger partial charge on any atom is -0.507 e. The molecule has 1 aliphatic heterocycles. The number of aliphatic hydroxyl groups excluding tert-OH is 1. The number of Topliss-reactive ketones (excluding diaryl/α,β-unsaturated/α-hetero) is 1. The van der Waals surface area contributed by atoms with Crippen molar-refractivity contribution in [3.05, 3.63) is 88.7 Å². The summed E-state index contributed by atoms with van der Waals surface area (Å²) >= 11 is 0. The smallest absolute Gasteiger partial charge is 0.300 e. The molecule has 186 valence electrons. The zero-order chi connectivity index (χ0) is 26.0.